The quantitative estimate of drug-likeness (QED) is 0.221. The summed E-state index contributed by atoms with van der Waals surface area (Å²) in [5.74, 6) is -2.25. The number of nitrogens with zero attached hydrogens (tertiary/aromatic N) is 1. The maximum absolute atomic E-state index is 13.9. The van der Waals surface area contributed by atoms with E-state index in [1.807, 2.05) is 24.3 Å². The summed E-state index contributed by atoms with van der Waals surface area (Å²) in [7, 11) is 1.27. The van der Waals surface area contributed by atoms with Crippen molar-refractivity contribution < 1.29 is 29.1 Å². The number of rotatable bonds is 10. The monoisotopic (exact) mass is 509 g/mol. The lowest BCUT2D eigenvalue weighted by Crippen LogP contribution is -3.11. The highest BCUT2D eigenvalue weighted by atomic mass is 16.5. The maximum atomic E-state index is 13.9. The third kappa shape index (κ3) is 5.49. The third-order valence-corrected chi connectivity index (χ3v) is 7.43. The van der Waals surface area contributed by atoms with Gasteiger partial charge in [-0.15, -0.1) is 0 Å². The number of likely N-dealkylation sites (tertiary alicyclic amines) is 1. The summed E-state index contributed by atoms with van der Waals surface area (Å²) in [5.41, 5.74) is 3.03. The van der Waals surface area contributed by atoms with Crippen LogP contribution in [0.1, 0.15) is 84.5 Å². The first-order chi connectivity index (χ1) is 17.6. The number of H-pyrrole nitrogens is 1. The van der Waals surface area contributed by atoms with Gasteiger partial charge in [-0.05, 0) is 55.9 Å². The van der Waals surface area contributed by atoms with Crippen LogP contribution in [0.3, 0.4) is 0 Å². The summed E-state index contributed by atoms with van der Waals surface area (Å²) >= 11 is 0. The van der Waals surface area contributed by atoms with Gasteiger partial charge in [0.1, 0.15) is 5.69 Å². The molecule has 1 saturated heterocycles. The zero-order valence-electron chi connectivity index (χ0n) is 23.0. The molecular weight excluding hydrogens is 470 g/mol. The van der Waals surface area contributed by atoms with Gasteiger partial charge < -0.3 is 24.6 Å². The molecular formula is C29H39N3O5. The molecule has 3 rings (SSSR count). The Bertz CT molecular complexity index is 1190. The second-order valence-corrected chi connectivity index (χ2v) is 9.97. The third-order valence-electron chi connectivity index (χ3n) is 7.43. The SMILES string of the molecule is CC[NH+](CC)CCCN1C(=O)C(=O)C(=C([O-])c2c(C)[nH]c(C(=O)OC)c2C)C1c1ccc(C(C)C)cc1. The lowest BCUT2D eigenvalue weighted by molar-refractivity contribution is -0.896. The number of ether oxygens (including phenoxy) is 1. The Kier molecular flexibility index (Phi) is 8.97. The number of benzene rings is 1. The zero-order chi connectivity index (χ0) is 27.4. The number of carbonyl (C=O) groups is 3. The van der Waals surface area contributed by atoms with Crippen LogP contribution in [0.15, 0.2) is 29.8 Å². The Labute approximate surface area is 219 Å². The predicted octanol–water partition coefficient (Wildman–Crippen LogP) is 2.08. The number of amides is 1. The highest BCUT2D eigenvalue weighted by Gasteiger charge is 2.44. The number of hydrogen-bond acceptors (Lipinski definition) is 5. The van der Waals surface area contributed by atoms with E-state index in [4.69, 9.17) is 4.74 Å². The molecule has 0 spiro atoms. The van der Waals surface area contributed by atoms with Crippen molar-refractivity contribution in [2.45, 2.75) is 59.9 Å². The molecule has 8 heteroatoms. The summed E-state index contributed by atoms with van der Waals surface area (Å²) in [6, 6.07) is 6.98. The molecule has 1 unspecified atom stereocenters. The average molecular weight is 510 g/mol. The van der Waals surface area contributed by atoms with Crippen LogP contribution in [-0.4, -0.2) is 60.8 Å². The normalized spacial score (nSPS) is 17.3. The molecule has 0 radical (unpaired) electrons. The maximum Gasteiger partial charge on any atom is 0.354 e. The molecule has 1 atom stereocenters. The van der Waals surface area contributed by atoms with Crippen LogP contribution in [0.2, 0.25) is 0 Å². The fraction of sp³-hybridized carbons (Fsp3) is 0.483. The first kappa shape index (κ1) is 28.2. The van der Waals surface area contributed by atoms with Crippen LogP contribution in [0, 0.1) is 13.8 Å². The molecule has 1 aromatic heterocycles. The van der Waals surface area contributed by atoms with E-state index in [-0.39, 0.29) is 16.8 Å². The zero-order valence-corrected chi connectivity index (χ0v) is 23.0. The van der Waals surface area contributed by atoms with Gasteiger partial charge in [0.05, 0.1) is 32.8 Å². The number of Topliss-reactive ketones (excluding diaryl/α,β-unsaturated/α-hetero) is 1. The molecule has 1 aliphatic rings. The summed E-state index contributed by atoms with van der Waals surface area (Å²) in [6.07, 6.45) is 0.715. The number of aromatic nitrogens is 1. The summed E-state index contributed by atoms with van der Waals surface area (Å²) in [6.45, 7) is 14.9. The number of hydrogen-bond donors (Lipinski definition) is 2. The number of methoxy groups -OCH3 is 1. The minimum atomic E-state index is -0.782. The minimum Gasteiger partial charge on any atom is -0.872 e. The van der Waals surface area contributed by atoms with E-state index in [0.29, 0.717) is 30.1 Å². The van der Waals surface area contributed by atoms with Gasteiger partial charge in [-0.3, -0.25) is 9.59 Å². The average Bonchev–Trinajstić information content (AvgIpc) is 3.32. The van der Waals surface area contributed by atoms with Gasteiger partial charge in [0, 0.05) is 24.2 Å². The number of ketones is 1. The fourth-order valence-corrected chi connectivity index (χ4v) is 5.15. The minimum absolute atomic E-state index is 0.0703. The summed E-state index contributed by atoms with van der Waals surface area (Å²) in [5, 5.41) is 13.9. The van der Waals surface area contributed by atoms with Crippen LogP contribution in [0.5, 0.6) is 0 Å². The highest BCUT2D eigenvalue weighted by molar-refractivity contribution is 6.46. The van der Waals surface area contributed by atoms with E-state index in [1.165, 1.54) is 12.0 Å². The van der Waals surface area contributed by atoms with Crippen molar-refractivity contribution >= 4 is 23.4 Å². The lowest BCUT2D eigenvalue weighted by atomic mass is 9.92. The van der Waals surface area contributed by atoms with Gasteiger partial charge in [-0.2, -0.15) is 0 Å². The Morgan fingerprint density at radius 1 is 1.14 bits per heavy atom. The predicted molar refractivity (Wildman–Crippen MR) is 140 cm³/mol. The first-order valence-corrected chi connectivity index (χ1v) is 13.0. The molecule has 1 fully saturated rings. The fourth-order valence-electron chi connectivity index (χ4n) is 5.15. The van der Waals surface area contributed by atoms with Gasteiger partial charge in [0.15, 0.2) is 0 Å². The van der Waals surface area contributed by atoms with Crippen molar-refractivity contribution in [1.82, 2.24) is 9.88 Å². The second kappa shape index (κ2) is 11.8. The van der Waals surface area contributed by atoms with Gasteiger partial charge in [-0.25, -0.2) is 4.79 Å². The lowest BCUT2D eigenvalue weighted by Gasteiger charge is -2.28. The molecule has 200 valence electrons. The molecule has 2 aromatic rings. The van der Waals surface area contributed by atoms with Crippen molar-refractivity contribution in [2.75, 3.05) is 33.3 Å². The van der Waals surface area contributed by atoms with E-state index < -0.39 is 29.5 Å². The van der Waals surface area contributed by atoms with Crippen molar-refractivity contribution in [2.24, 2.45) is 0 Å². The second-order valence-electron chi connectivity index (χ2n) is 9.97. The molecule has 1 aliphatic heterocycles. The number of esters is 1. The standard InChI is InChI=1S/C29H39N3O5/c1-8-31(9-2)15-10-16-32-25(21-13-11-20(12-14-21)17(3)4)23(27(34)28(32)35)26(33)22-18(5)24(29(36)37-7)30-19(22)6/h11-14,17,25,30,33H,8-10,15-16H2,1-7H3. The molecule has 0 bridgehead atoms. The van der Waals surface area contributed by atoms with Crippen molar-refractivity contribution in [3.05, 3.63) is 63.5 Å². The van der Waals surface area contributed by atoms with Crippen LogP contribution in [0.25, 0.3) is 5.76 Å². The van der Waals surface area contributed by atoms with Crippen LogP contribution in [0.4, 0.5) is 0 Å². The van der Waals surface area contributed by atoms with E-state index in [9.17, 15) is 19.5 Å². The van der Waals surface area contributed by atoms with Gasteiger partial charge >= 0.3 is 5.97 Å². The first-order valence-electron chi connectivity index (χ1n) is 13.0. The van der Waals surface area contributed by atoms with Gasteiger partial charge in [0.25, 0.3) is 5.91 Å². The van der Waals surface area contributed by atoms with Gasteiger partial charge in [0.2, 0.25) is 5.78 Å². The number of quaternary nitrogens is 1. The van der Waals surface area contributed by atoms with Gasteiger partial charge in [-0.1, -0.05) is 43.9 Å². The van der Waals surface area contributed by atoms with Crippen LogP contribution < -0.4 is 10.0 Å². The Morgan fingerprint density at radius 3 is 2.30 bits per heavy atom. The van der Waals surface area contributed by atoms with Crippen molar-refractivity contribution in [3.63, 3.8) is 0 Å². The molecule has 2 heterocycles. The van der Waals surface area contributed by atoms with E-state index in [2.05, 4.69) is 32.7 Å². The molecule has 1 amide bonds. The number of aromatic amines is 1. The Morgan fingerprint density at radius 2 is 1.76 bits per heavy atom. The Hall–Kier alpha value is -3.39. The molecule has 2 N–H and O–H groups in total. The summed E-state index contributed by atoms with van der Waals surface area (Å²) in [4.78, 5) is 44.7. The largest absolute Gasteiger partial charge is 0.872 e. The number of carbonyl (C=O) groups excluding carboxylic acids is 3. The van der Waals surface area contributed by atoms with E-state index in [1.54, 1.807) is 18.7 Å². The van der Waals surface area contributed by atoms with Crippen molar-refractivity contribution in [1.29, 1.82) is 0 Å². The Balaban J connectivity index is 2.13. The van der Waals surface area contributed by atoms with Crippen molar-refractivity contribution in [3.8, 4) is 0 Å². The summed E-state index contributed by atoms with van der Waals surface area (Å²) < 4.78 is 4.83. The molecule has 1 aromatic carbocycles. The van der Waals surface area contributed by atoms with Crippen LogP contribution >= 0.6 is 0 Å². The number of nitrogens with one attached hydrogen (secondary N) is 2. The van der Waals surface area contributed by atoms with E-state index >= 15 is 0 Å². The smallest absolute Gasteiger partial charge is 0.354 e. The molecule has 0 aliphatic carbocycles. The van der Waals surface area contributed by atoms with E-state index in [0.717, 1.165) is 30.8 Å². The molecule has 0 saturated carbocycles. The van der Waals surface area contributed by atoms with Crippen LogP contribution in [-0.2, 0) is 14.3 Å². The number of aryl methyl sites for hydroxylation is 1. The highest BCUT2D eigenvalue weighted by Crippen LogP contribution is 2.40. The molecule has 8 nitrogen and oxygen atoms in total. The topological polar surface area (TPSA) is 107 Å². The molecule has 37 heavy (non-hydrogen) atoms.